The highest BCUT2D eigenvalue weighted by Crippen LogP contribution is 2.10. The number of guanidine groups is 1. The van der Waals surface area contributed by atoms with E-state index in [-0.39, 0.29) is 18.4 Å². The summed E-state index contributed by atoms with van der Waals surface area (Å²) in [6, 6.07) is 6.46. The molecule has 0 heterocycles. The molecule has 0 saturated heterocycles. The highest BCUT2D eigenvalue weighted by Gasteiger charge is 2.08. The predicted molar refractivity (Wildman–Crippen MR) is 69.3 cm³/mol. The summed E-state index contributed by atoms with van der Waals surface area (Å²) in [5.41, 5.74) is 5.60. The molecule has 102 valence electrons. The SMILES string of the molecule is COc1ccc(C(=O)NCC(=O)N/C(N)=N/N)cc1. The summed E-state index contributed by atoms with van der Waals surface area (Å²) in [5, 5.41) is 7.67. The second-order valence-electron chi connectivity index (χ2n) is 3.47. The van der Waals surface area contributed by atoms with Gasteiger partial charge in [-0.1, -0.05) is 0 Å². The number of hydrazone groups is 1. The van der Waals surface area contributed by atoms with E-state index in [0.717, 1.165) is 0 Å². The van der Waals surface area contributed by atoms with E-state index >= 15 is 0 Å². The first-order valence-corrected chi connectivity index (χ1v) is 5.32. The van der Waals surface area contributed by atoms with Gasteiger partial charge in [0, 0.05) is 5.56 Å². The van der Waals surface area contributed by atoms with Crippen LogP contribution in [0.15, 0.2) is 29.4 Å². The molecule has 0 spiro atoms. The van der Waals surface area contributed by atoms with Gasteiger partial charge in [-0.05, 0) is 24.3 Å². The molecule has 1 aromatic rings. The van der Waals surface area contributed by atoms with Gasteiger partial charge in [0.15, 0.2) is 0 Å². The third-order valence-corrected chi connectivity index (χ3v) is 2.17. The molecule has 0 bridgehead atoms. The van der Waals surface area contributed by atoms with Crippen molar-refractivity contribution in [3.8, 4) is 5.75 Å². The zero-order valence-corrected chi connectivity index (χ0v) is 10.3. The number of carbonyl (C=O) groups excluding carboxylic acids is 2. The lowest BCUT2D eigenvalue weighted by Crippen LogP contribution is -2.43. The summed E-state index contributed by atoms with van der Waals surface area (Å²) in [6.45, 7) is -0.235. The lowest BCUT2D eigenvalue weighted by atomic mass is 10.2. The molecule has 8 heteroatoms. The first kappa shape index (κ1) is 14.3. The fraction of sp³-hybridized carbons (Fsp3) is 0.182. The lowest BCUT2D eigenvalue weighted by molar-refractivity contribution is -0.118. The van der Waals surface area contributed by atoms with Crippen LogP contribution in [0, 0.1) is 0 Å². The molecule has 0 aliphatic carbocycles. The number of amides is 2. The van der Waals surface area contributed by atoms with Crippen molar-refractivity contribution in [2.45, 2.75) is 0 Å². The zero-order valence-electron chi connectivity index (χ0n) is 10.3. The molecule has 0 saturated carbocycles. The molecule has 8 nitrogen and oxygen atoms in total. The van der Waals surface area contributed by atoms with Crippen LogP contribution in [0.1, 0.15) is 10.4 Å². The normalized spacial score (nSPS) is 10.7. The van der Waals surface area contributed by atoms with E-state index in [1.165, 1.54) is 7.11 Å². The lowest BCUT2D eigenvalue weighted by Gasteiger charge is -2.06. The Hall–Kier alpha value is -2.77. The maximum absolute atomic E-state index is 11.7. The van der Waals surface area contributed by atoms with Crippen molar-refractivity contribution >= 4 is 17.8 Å². The van der Waals surface area contributed by atoms with Gasteiger partial charge < -0.3 is 21.6 Å². The molecule has 0 aliphatic heterocycles. The highest BCUT2D eigenvalue weighted by molar-refractivity contribution is 6.00. The standard InChI is InChI=1S/C11H15N5O3/c1-19-8-4-2-7(3-5-8)10(18)14-6-9(17)15-11(12)16-13/h2-5H,6,13H2,1H3,(H,14,18)(H3,12,15,16,17). The van der Waals surface area contributed by atoms with Gasteiger partial charge >= 0.3 is 0 Å². The number of ether oxygens (including phenoxy) is 1. The van der Waals surface area contributed by atoms with Crippen molar-refractivity contribution in [3.05, 3.63) is 29.8 Å². The third kappa shape index (κ3) is 4.54. The Labute approximate surface area is 109 Å². The molecule has 19 heavy (non-hydrogen) atoms. The number of hydrogen-bond acceptors (Lipinski definition) is 5. The Morgan fingerprint density at radius 1 is 1.32 bits per heavy atom. The van der Waals surface area contributed by atoms with Crippen LogP contribution in [0.4, 0.5) is 0 Å². The van der Waals surface area contributed by atoms with Crippen LogP contribution in [0.25, 0.3) is 0 Å². The van der Waals surface area contributed by atoms with Gasteiger partial charge in [0.05, 0.1) is 13.7 Å². The molecule has 0 fully saturated rings. The summed E-state index contributed by atoms with van der Waals surface area (Å²) in [6.07, 6.45) is 0. The van der Waals surface area contributed by atoms with Gasteiger partial charge in [-0.25, -0.2) is 0 Å². The molecule has 2 amide bonds. The van der Waals surface area contributed by atoms with Gasteiger partial charge in [-0.3, -0.25) is 14.9 Å². The molecule has 0 atom stereocenters. The first-order chi connectivity index (χ1) is 9.06. The monoisotopic (exact) mass is 265 g/mol. The Morgan fingerprint density at radius 2 is 1.95 bits per heavy atom. The van der Waals surface area contributed by atoms with Crippen LogP contribution in [0.5, 0.6) is 5.75 Å². The minimum atomic E-state index is -0.520. The van der Waals surface area contributed by atoms with Gasteiger partial charge in [0.2, 0.25) is 11.9 Å². The van der Waals surface area contributed by atoms with Crippen molar-refractivity contribution < 1.29 is 14.3 Å². The van der Waals surface area contributed by atoms with Crippen molar-refractivity contribution in [2.75, 3.05) is 13.7 Å². The molecule has 6 N–H and O–H groups in total. The maximum Gasteiger partial charge on any atom is 0.251 e. The summed E-state index contributed by atoms with van der Waals surface area (Å²) in [4.78, 5) is 23.0. The van der Waals surface area contributed by atoms with E-state index < -0.39 is 5.91 Å². The Bertz CT molecular complexity index is 484. The molecule has 0 aromatic heterocycles. The topological polar surface area (TPSA) is 132 Å². The maximum atomic E-state index is 11.7. The minimum absolute atomic E-state index is 0.219. The van der Waals surface area contributed by atoms with Gasteiger partial charge in [-0.15, -0.1) is 5.10 Å². The second kappa shape index (κ2) is 6.84. The van der Waals surface area contributed by atoms with Crippen LogP contribution in [-0.2, 0) is 4.79 Å². The van der Waals surface area contributed by atoms with E-state index in [2.05, 4.69) is 15.7 Å². The summed E-state index contributed by atoms with van der Waals surface area (Å²) < 4.78 is 4.97. The van der Waals surface area contributed by atoms with E-state index in [1.807, 2.05) is 0 Å². The number of rotatable bonds is 4. The van der Waals surface area contributed by atoms with Crippen LogP contribution in [-0.4, -0.2) is 31.4 Å². The van der Waals surface area contributed by atoms with Crippen LogP contribution in [0.3, 0.4) is 0 Å². The summed E-state index contributed by atoms with van der Waals surface area (Å²) >= 11 is 0. The smallest absolute Gasteiger partial charge is 0.251 e. The molecule has 1 rings (SSSR count). The fourth-order valence-electron chi connectivity index (χ4n) is 1.22. The zero-order chi connectivity index (χ0) is 14.3. The Balaban J connectivity index is 2.48. The van der Waals surface area contributed by atoms with Crippen LogP contribution < -0.4 is 26.9 Å². The summed E-state index contributed by atoms with van der Waals surface area (Å²) in [7, 11) is 1.53. The molecule has 1 aromatic carbocycles. The van der Waals surface area contributed by atoms with Gasteiger partial charge in [0.1, 0.15) is 5.75 Å². The van der Waals surface area contributed by atoms with Gasteiger partial charge in [-0.2, -0.15) is 0 Å². The summed E-state index contributed by atoms with van der Waals surface area (Å²) in [5.74, 6) is 4.36. The first-order valence-electron chi connectivity index (χ1n) is 5.32. The number of nitrogens with two attached hydrogens (primary N) is 2. The van der Waals surface area contributed by atoms with Crippen molar-refractivity contribution in [2.24, 2.45) is 16.7 Å². The number of benzene rings is 1. The molecule has 0 unspecified atom stereocenters. The van der Waals surface area contributed by atoms with E-state index in [1.54, 1.807) is 24.3 Å². The molecule has 0 aliphatic rings. The number of nitrogens with zero attached hydrogens (tertiary/aromatic N) is 1. The fourth-order valence-corrected chi connectivity index (χ4v) is 1.22. The third-order valence-electron chi connectivity index (χ3n) is 2.17. The highest BCUT2D eigenvalue weighted by atomic mass is 16.5. The Kier molecular flexibility index (Phi) is 5.15. The molecule has 0 radical (unpaired) electrons. The van der Waals surface area contributed by atoms with E-state index in [9.17, 15) is 9.59 Å². The van der Waals surface area contributed by atoms with Crippen LogP contribution >= 0.6 is 0 Å². The minimum Gasteiger partial charge on any atom is -0.497 e. The predicted octanol–water partition coefficient (Wildman–Crippen LogP) is -1.27. The number of carbonyl (C=O) groups is 2. The van der Waals surface area contributed by atoms with Crippen molar-refractivity contribution in [1.29, 1.82) is 0 Å². The van der Waals surface area contributed by atoms with Gasteiger partial charge in [0.25, 0.3) is 5.91 Å². The average Bonchev–Trinajstić information content (AvgIpc) is 2.44. The van der Waals surface area contributed by atoms with Crippen molar-refractivity contribution in [1.82, 2.24) is 10.6 Å². The Morgan fingerprint density at radius 3 is 2.47 bits per heavy atom. The average molecular weight is 265 g/mol. The van der Waals surface area contributed by atoms with E-state index in [4.69, 9.17) is 16.3 Å². The number of methoxy groups -OCH3 is 1. The second-order valence-corrected chi connectivity index (χ2v) is 3.47. The molecular weight excluding hydrogens is 250 g/mol. The van der Waals surface area contributed by atoms with E-state index in [0.29, 0.717) is 11.3 Å². The van der Waals surface area contributed by atoms with Crippen molar-refractivity contribution in [3.63, 3.8) is 0 Å². The van der Waals surface area contributed by atoms with Crippen LogP contribution in [0.2, 0.25) is 0 Å². The number of nitrogens with one attached hydrogen (secondary N) is 2. The molecular formula is C11H15N5O3. The quantitative estimate of drug-likeness (QED) is 0.233. The number of hydrogen-bond donors (Lipinski definition) is 4. The largest absolute Gasteiger partial charge is 0.497 e.